The summed E-state index contributed by atoms with van der Waals surface area (Å²) in [6, 6.07) is 11.9. The minimum atomic E-state index is -0.835. The van der Waals surface area contributed by atoms with Gasteiger partial charge in [-0.2, -0.15) is 0 Å². The Kier molecular flexibility index (Phi) is 4.15. The van der Waals surface area contributed by atoms with Gasteiger partial charge in [-0.1, -0.05) is 18.2 Å². The zero-order chi connectivity index (χ0) is 15.5. The highest BCUT2D eigenvalue weighted by Gasteiger charge is 2.38. The maximum absolute atomic E-state index is 13.4. The van der Waals surface area contributed by atoms with Crippen LogP contribution in [-0.2, 0) is 11.3 Å². The van der Waals surface area contributed by atoms with Gasteiger partial charge >= 0.3 is 5.97 Å². The second-order valence-electron chi connectivity index (χ2n) is 5.62. The summed E-state index contributed by atoms with van der Waals surface area (Å²) in [7, 11) is 0. The van der Waals surface area contributed by atoms with E-state index in [0.717, 1.165) is 11.3 Å². The van der Waals surface area contributed by atoms with E-state index < -0.39 is 11.9 Å². The van der Waals surface area contributed by atoms with Crippen molar-refractivity contribution in [2.24, 2.45) is 5.92 Å². The number of carboxylic acids is 1. The number of carboxylic acid groups (broad SMARTS) is 1. The number of pyridine rings is 1. The first-order chi connectivity index (χ1) is 10.6. The van der Waals surface area contributed by atoms with E-state index in [-0.39, 0.29) is 11.7 Å². The van der Waals surface area contributed by atoms with Gasteiger partial charge in [0, 0.05) is 31.7 Å². The first kappa shape index (κ1) is 14.7. The molecule has 0 saturated carbocycles. The maximum atomic E-state index is 13.4. The molecule has 2 aromatic rings. The molecule has 1 N–H and O–H groups in total. The summed E-state index contributed by atoms with van der Waals surface area (Å²) in [5.41, 5.74) is 1.66. The fourth-order valence-corrected chi connectivity index (χ4v) is 3.06. The normalized spacial score (nSPS) is 21.9. The molecule has 22 heavy (non-hydrogen) atoms. The average molecular weight is 300 g/mol. The van der Waals surface area contributed by atoms with Crippen molar-refractivity contribution in [2.45, 2.75) is 12.5 Å². The van der Waals surface area contributed by atoms with Crippen LogP contribution in [0.4, 0.5) is 4.39 Å². The van der Waals surface area contributed by atoms with Gasteiger partial charge in [-0.25, -0.2) is 4.39 Å². The molecule has 0 spiro atoms. The van der Waals surface area contributed by atoms with Crippen LogP contribution in [0, 0.1) is 11.7 Å². The summed E-state index contributed by atoms with van der Waals surface area (Å²) < 4.78 is 13.4. The van der Waals surface area contributed by atoms with Crippen molar-refractivity contribution < 1.29 is 14.3 Å². The standard InChI is InChI=1S/C17H17FN2O2/c18-13-5-3-4-12(8-13)15-10-20(11-16(15)17(21)22)9-14-6-1-2-7-19-14/h1-8,15-16H,9-11H2,(H,21,22)/t15-,16+/m0/s1. The molecule has 1 aliphatic heterocycles. The molecule has 0 radical (unpaired) electrons. The van der Waals surface area contributed by atoms with Gasteiger partial charge in [-0.3, -0.25) is 14.7 Å². The number of hydrogen-bond donors (Lipinski definition) is 1. The minimum absolute atomic E-state index is 0.197. The van der Waals surface area contributed by atoms with Crippen molar-refractivity contribution in [3.05, 3.63) is 65.7 Å². The molecule has 0 bridgehead atoms. The van der Waals surface area contributed by atoms with Crippen LogP contribution in [0.2, 0.25) is 0 Å². The van der Waals surface area contributed by atoms with Crippen molar-refractivity contribution in [3.63, 3.8) is 0 Å². The highest BCUT2D eigenvalue weighted by Crippen LogP contribution is 2.33. The van der Waals surface area contributed by atoms with Gasteiger partial charge in [-0.05, 0) is 29.8 Å². The number of aliphatic carboxylic acids is 1. The van der Waals surface area contributed by atoms with Crippen LogP contribution in [-0.4, -0.2) is 34.0 Å². The summed E-state index contributed by atoms with van der Waals surface area (Å²) >= 11 is 0. The highest BCUT2D eigenvalue weighted by atomic mass is 19.1. The van der Waals surface area contributed by atoms with Crippen LogP contribution in [0.25, 0.3) is 0 Å². The highest BCUT2D eigenvalue weighted by molar-refractivity contribution is 5.72. The Morgan fingerprint density at radius 2 is 2.14 bits per heavy atom. The third-order valence-corrected chi connectivity index (χ3v) is 4.10. The predicted molar refractivity (Wildman–Crippen MR) is 79.8 cm³/mol. The van der Waals surface area contributed by atoms with Crippen LogP contribution in [0.15, 0.2) is 48.7 Å². The molecular formula is C17H17FN2O2. The second kappa shape index (κ2) is 6.23. The Morgan fingerprint density at radius 3 is 2.82 bits per heavy atom. The Hall–Kier alpha value is -2.27. The molecule has 2 atom stereocenters. The number of rotatable bonds is 4. The largest absolute Gasteiger partial charge is 0.481 e. The van der Waals surface area contributed by atoms with Crippen molar-refractivity contribution in [1.82, 2.24) is 9.88 Å². The third kappa shape index (κ3) is 3.14. The molecule has 2 heterocycles. The van der Waals surface area contributed by atoms with Crippen LogP contribution in [0.5, 0.6) is 0 Å². The smallest absolute Gasteiger partial charge is 0.308 e. The lowest BCUT2D eigenvalue weighted by Gasteiger charge is -2.16. The Morgan fingerprint density at radius 1 is 1.27 bits per heavy atom. The lowest BCUT2D eigenvalue weighted by atomic mass is 9.89. The Labute approximate surface area is 128 Å². The number of aromatic nitrogens is 1. The summed E-state index contributed by atoms with van der Waals surface area (Å²) in [5.74, 6) is -1.88. The Bertz CT molecular complexity index is 663. The lowest BCUT2D eigenvalue weighted by Crippen LogP contribution is -2.23. The van der Waals surface area contributed by atoms with Gasteiger partial charge < -0.3 is 5.11 Å². The number of likely N-dealkylation sites (tertiary alicyclic amines) is 1. The minimum Gasteiger partial charge on any atom is -0.481 e. The molecule has 1 aliphatic rings. The van der Waals surface area contributed by atoms with Gasteiger partial charge in [0.05, 0.1) is 11.6 Å². The van der Waals surface area contributed by atoms with Crippen molar-refractivity contribution >= 4 is 5.97 Å². The SMILES string of the molecule is O=C(O)[C@@H]1CN(Cc2ccccn2)C[C@H]1c1cccc(F)c1. The number of nitrogens with zero attached hydrogens (tertiary/aromatic N) is 2. The third-order valence-electron chi connectivity index (χ3n) is 4.10. The van der Waals surface area contributed by atoms with Crippen molar-refractivity contribution in [1.29, 1.82) is 0 Å². The van der Waals surface area contributed by atoms with Gasteiger partial charge in [0.2, 0.25) is 0 Å². The molecule has 4 nitrogen and oxygen atoms in total. The zero-order valence-electron chi connectivity index (χ0n) is 12.0. The second-order valence-corrected chi connectivity index (χ2v) is 5.62. The van der Waals surface area contributed by atoms with Gasteiger partial charge in [0.15, 0.2) is 0 Å². The molecule has 0 unspecified atom stereocenters. The fourth-order valence-electron chi connectivity index (χ4n) is 3.06. The van der Waals surface area contributed by atoms with Crippen LogP contribution in [0.1, 0.15) is 17.2 Å². The number of benzene rings is 1. The van der Waals surface area contributed by atoms with E-state index in [0.29, 0.717) is 19.6 Å². The zero-order valence-corrected chi connectivity index (χ0v) is 12.0. The molecule has 5 heteroatoms. The quantitative estimate of drug-likeness (QED) is 0.942. The van der Waals surface area contributed by atoms with E-state index in [1.807, 2.05) is 18.2 Å². The van der Waals surface area contributed by atoms with Crippen LogP contribution < -0.4 is 0 Å². The molecule has 1 aromatic carbocycles. The van der Waals surface area contributed by atoms with E-state index in [2.05, 4.69) is 9.88 Å². The Balaban J connectivity index is 1.79. The van der Waals surface area contributed by atoms with E-state index >= 15 is 0 Å². The van der Waals surface area contributed by atoms with Gasteiger partial charge in [0.1, 0.15) is 5.82 Å². The lowest BCUT2D eigenvalue weighted by molar-refractivity contribution is -0.141. The summed E-state index contributed by atoms with van der Waals surface area (Å²) in [5, 5.41) is 9.46. The fraction of sp³-hybridized carbons (Fsp3) is 0.294. The van der Waals surface area contributed by atoms with Gasteiger partial charge in [-0.15, -0.1) is 0 Å². The molecular weight excluding hydrogens is 283 g/mol. The monoisotopic (exact) mass is 300 g/mol. The topological polar surface area (TPSA) is 53.4 Å². The molecule has 3 rings (SSSR count). The van der Waals surface area contributed by atoms with Crippen molar-refractivity contribution in [3.8, 4) is 0 Å². The van der Waals surface area contributed by atoms with Gasteiger partial charge in [0.25, 0.3) is 0 Å². The molecule has 1 aromatic heterocycles. The number of carbonyl (C=O) groups is 1. The van der Waals surface area contributed by atoms with Crippen molar-refractivity contribution in [2.75, 3.05) is 13.1 Å². The molecule has 0 aliphatic carbocycles. The number of halogens is 1. The first-order valence-corrected chi connectivity index (χ1v) is 7.24. The predicted octanol–water partition coefficient (Wildman–Crippen LogP) is 2.52. The van der Waals surface area contributed by atoms with E-state index in [4.69, 9.17) is 0 Å². The summed E-state index contributed by atoms with van der Waals surface area (Å²) in [6.07, 6.45) is 1.73. The van der Waals surface area contributed by atoms with E-state index in [1.165, 1.54) is 12.1 Å². The maximum Gasteiger partial charge on any atom is 0.308 e. The molecule has 1 saturated heterocycles. The van der Waals surface area contributed by atoms with E-state index in [9.17, 15) is 14.3 Å². The molecule has 1 fully saturated rings. The molecule has 114 valence electrons. The van der Waals surface area contributed by atoms with Crippen LogP contribution >= 0.6 is 0 Å². The number of hydrogen-bond acceptors (Lipinski definition) is 3. The molecule has 0 amide bonds. The summed E-state index contributed by atoms with van der Waals surface area (Å²) in [6.45, 7) is 1.65. The van der Waals surface area contributed by atoms with Crippen LogP contribution in [0.3, 0.4) is 0 Å². The van der Waals surface area contributed by atoms with E-state index in [1.54, 1.807) is 18.3 Å². The summed E-state index contributed by atoms with van der Waals surface area (Å²) in [4.78, 5) is 17.9. The average Bonchev–Trinajstić information content (AvgIpc) is 2.92. The first-order valence-electron chi connectivity index (χ1n) is 7.24.